The fourth-order valence-electron chi connectivity index (χ4n) is 0.0781. The summed E-state index contributed by atoms with van der Waals surface area (Å²) < 4.78 is 0. The zero-order valence-electron chi connectivity index (χ0n) is 4.50. The van der Waals surface area contributed by atoms with Gasteiger partial charge < -0.3 is 17.6 Å². The summed E-state index contributed by atoms with van der Waals surface area (Å²) in [4.78, 5) is 9.38. The minimum atomic E-state index is -1.09. The van der Waals surface area contributed by atoms with Crippen LogP contribution in [0.5, 0.6) is 0 Å². The summed E-state index contributed by atoms with van der Waals surface area (Å²) in [6.07, 6.45) is 0.764. The van der Waals surface area contributed by atoms with E-state index < -0.39 is 12.6 Å². The molecule has 0 rings (SSSR count). The van der Waals surface area contributed by atoms with Crippen molar-refractivity contribution in [1.82, 2.24) is 0 Å². The van der Waals surface area contributed by atoms with Crippen molar-refractivity contribution in [2.75, 3.05) is 6.61 Å². The van der Waals surface area contributed by atoms with Crippen LogP contribution in [-0.4, -0.2) is 22.8 Å². The van der Waals surface area contributed by atoms with E-state index in [0.29, 0.717) is 0 Å². The first kappa shape index (κ1) is 15.7. The molecule has 48 valence electrons. The number of hydrogen-bond acceptors (Lipinski definition) is 2. The molecule has 2 N–H and O–H groups in total. The number of aliphatic hydroxyl groups excluding tert-OH is 1. The molecule has 0 aromatic carbocycles. The number of aliphatic carboxylic acids is 1. The fraction of sp³-hybridized carbons (Fsp3) is 0.250. The Morgan fingerprint density at radius 1 is 1.62 bits per heavy atom. The monoisotopic (exact) mass is 288 g/mol. The molecule has 0 radical (unpaired) electrons. The van der Waals surface area contributed by atoms with Crippen molar-refractivity contribution in [3.05, 3.63) is 13.8 Å². The Bertz CT molecular complexity index is 55.2. The molecule has 4 heteroatoms. The predicted molar refractivity (Wildman–Crippen MR) is 25.4 cm³/mol. The third-order valence-electron chi connectivity index (χ3n) is 0.266. The van der Waals surface area contributed by atoms with Crippen LogP contribution in [0.2, 0.25) is 0 Å². The number of aliphatic hydroxyl groups is 1. The molecule has 0 bridgehead atoms. The van der Waals surface area contributed by atoms with Gasteiger partial charge in [-0.05, 0) is 0 Å². The van der Waals surface area contributed by atoms with Crippen molar-refractivity contribution in [2.45, 2.75) is 0 Å². The van der Waals surface area contributed by atoms with E-state index in [-0.39, 0.29) is 28.5 Å². The van der Waals surface area contributed by atoms with Crippen LogP contribution in [0.25, 0.3) is 0 Å². The van der Waals surface area contributed by atoms with Crippen LogP contribution in [0.3, 0.4) is 0 Å². The minimum absolute atomic E-state index is 0. The summed E-state index contributed by atoms with van der Waals surface area (Å²) in [6.45, 7) is -0.394. The van der Waals surface area contributed by atoms with Gasteiger partial charge in [-0.3, -0.25) is 11.2 Å². The van der Waals surface area contributed by atoms with E-state index in [0.717, 1.165) is 6.42 Å². The van der Waals surface area contributed by atoms with Gasteiger partial charge in [-0.1, -0.05) is 6.61 Å². The molecule has 3 nitrogen and oxygen atoms in total. The molecule has 0 atom stereocenters. The van der Waals surface area contributed by atoms with Gasteiger partial charge in [0.15, 0.2) is 5.97 Å². The molecule has 0 saturated carbocycles. The van der Waals surface area contributed by atoms with Gasteiger partial charge in [-0.25, -0.2) is 0 Å². The van der Waals surface area contributed by atoms with Gasteiger partial charge in [0.25, 0.3) is 0 Å². The standard InChI is InChI=1S/C3H5O3.CH3.W/c4-2-1-3(5)6;;/h1,4H,2H2,(H,5,6);1H3;/q2*-1;+2. The summed E-state index contributed by atoms with van der Waals surface area (Å²) in [5.41, 5.74) is 0. The van der Waals surface area contributed by atoms with Gasteiger partial charge in [0, 0.05) is 0 Å². The second-order valence-corrected chi connectivity index (χ2v) is 0.725. The maximum atomic E-state index is 9.38. The first-order chi connectivity index (χ1) is 2.77. The molecule has 0 fully saturated rings. The van der Waals surface area contributed by atoms with Gasteiger partial charge in [0.2, 0.25) is 0 Å². The first-order valence-electron chi connectivity index (χ1n) is 1.44. The number of rotatable bonds is 2. The minimum Gasteiger partial charge on any atom is -0.503 e. The second kappa shape index (κ2) is 10.1. The van der Waals surface area contributed by atoms with Crippen LogP contribution in [-0.2, 0) is 25.9 Å². The molecule has 8 heavy (non-hydrogen) atoms. The van der Waals surface area contributed by atoms with Crippen LogP contribution < -0.4 is 0 Å². The van der Waals surface area contributed by atoms with Crippen molar-refractivity contribution in [2.24, 2.45) is 0 Å². The number of hydrogen-bond donors (Lipinski definition) is 2. The van der Waals surface area contributed by atoms with Crippen molar-refractivity contribution in [3.8, 4) is 0 Å². The second-order valence-electron chi connectivity index (χ2n) is 0.725. The Balaban J connectivity index is -0.000000125. The number of carboxylic acid groups (broad SMARTS) is 1. The Kier molecular flexibility index (Phi) is 19.7. The van der Waals surface area contributed by atoms with E-state index in [9.17, 15) is 4.79 Å². The maximum absolute atomic E-state index is 9.38. The van der Waals surface area contributed by atoms with Crippen LogP contribution in [0.15, 0.2) is 0 Å². The van der Waals surface area contributed by atoms with Crippen molar-refractivity contribution in [3.63, 3.8) is 0 Å². The smallest absolute Gasteiger partial charge is 0.503 e. The fourth-order valence-corrected chi connectivity index (χ4v) is 0.0781. The molecule has 0 aliphatic carbocycles. The average molecular weight is 288 g/mol. The third kappa shape index (κ3) is 16.7. The molecular formula is C4H8O3W. The molecule has 0 unspecified atom stereocenters. The van der Waals surface area contributed by atoms with Crippen LogP contribution in [0.4, 0.5) is 0 Å². The molecule has 0 aromatic heterocycles. The summed E-state index contributed by atoms with van der Waals surface area (Å²) in [5, 5.41) is 15.5. The average Bonchev–Trinajstić information content (AvgIpc) is 1.35. The maximum Gasteiger partial charge on any atom is 2.00 e. The number of carbonyl (C=O) groups is 1. The van der Waals surface area contributed by atoms with E-state index in [2.05, 4.69) is 0 Å². The zero-order valence-corrected chi connectivity index (χ0v) is 7.43. The SMILES string of the molecule is O=C(O)[CH-]CO.[CH3-].[W+2]. The molecular weight excluding hydrogens is 280 g/mol. The molecule has 0 aromatic rings. The van der Waals surface area contributed by atoms with E-state index in [1.807, 2.05) is 0 Å². The largest absolute Gasteiger partial charge is 2.00 e. The van der Waals surface area contributed by atoms with E-state index in [1.165, 1.54) is 0 Å². The topological polar surface area (TPSA) is 57.5 Å². The van der Waals surface area contributed by atoms with Crippen LogP contribution in [0, 0.1) is 13.8 Å². The van der Waals surface area contributed by atoms with Gasteiger partial charge in [0.05, 0.1) is 0 Å². The van der Waals surface area contributed by atoms with Crippen LogP contribution in [0.1, 0.15) is 0 Å². The molecule has 0 heterocycles. The van der Waals surface area contributed by atoms with E-state index >= 15 is 0 Å². The predicted octanol–water partition coefficient (Wildman–Crippen LogP) is -0.285. The Labute approximate surface area is 63.0 Å². The van der Waals surface area contributed by atoms with Gasteiger partial charge >= 0.3 is 21.1 Å². The van der Waals surface area contributed by atoms with E-state index in [1.54, 1.807) is 0 Å². The summed E-state index contributed by atoms with van der Waals surface area (Å²) in [7, 11) is 0. The van der Waals surface area contributed by atoms with Crippen molar-refractivity contribution in [1.29, 1.82) is 0 Å². The summed E-state index contributed by atoms with van der Waals surface area (Å²) in [5.74, 6) is -1.09. The quantitative estimate of drug-likeness (QED) is 0.687. The summed E-state index contributed by atoms with van der Waals surface area (Å²) in [6, 6.07) is 0. The Morgan fingerprint density at radius 2 is 2.00 bits per heavy atom. The Hall–Kier alpha value is -0.0117. The Morgan fingerprint density at radius 3 is 2.00 bits per heavy atom. The third-order valence-corrected chi connectivity index (χ3v) is 0.266. The van der Waals surface area contributed by atoms with Gasteiger partial charge in [0.1, 0.15) is 0 Å². The number of carboxylic acids is 1. The molecule has 0 aliphatic heterocycles. The zero-order chi connectivity index (χ0) is 4.99. The molecule has 0 aliphatic rings. The normalized spacial score (nSPS) is 5.62. The van der Waals surface area contributed by atoms with Crippen molar-refractivity contribution < 1.29 is 36.1 Å². The molecule has 0 spiro atoms. The first-order valence-corrected chi connectivity index (χ1v) is 1.44. The molecule has 0 saturated heterocycles. The van der Waals surface area contributed by atoms with Crippen LogP contribution >= 0.6 is 0 Å². The molecule has 0 amide bonds. The van der Waals surface area contributed by atoms with E-state index in [4.69, 9.17) is 10.2 Å². The van der Waals surface area contributed by atoms with Gasteiger partial charge in [-0.15, -0.1) is 0 Å². The summed E-state index contributed by atoms with van der Waals surface area (Å²) >= 11 is 0. The van der Waals surface area contributed by atoms with Gasteiger partial charge in [-0.2, -0.15) is 0 Å². The van der Waals surface area contributed by atoms with Crippen molar-refractivity contribution >= 4 is 5.97 Å².